The summed E-state index contributed by atoms with van der Waals surface area (Å²) in [7, 11) is 0. The quantitative estimate of drug-likeness (QED) is 0.714. The Morgan fingerprint density at radius 2 is 2.31 bits per heavy atom. The lowest BCUT2D eigenvalue weighted by Gasteiger charge is -2.07. The van der Waals surface area contributed by atoms with E-state index in [1.165, 1.54) is 6.20 Å². The molecule has 1 rings (SSSR count). The average Bonchev–Trinajstić information content (AvgIpc) is 2.67. The van der Waals surface area contributed by atoms with Crippen LogP contribution in [0.25, 0.3) is 0 Å². The van der Waals surface area contributed by atoms with Gasteiger partial charge in [-0.05, 0) is 0 Å². The maximum absolute atomic E-state index is 11.6. The number of H-pyrrole nitrogens is 1. The SMILES string of the molecule is O=C(NCCOCC(F)(F)F)c1cn[nH]n1. The van der Waals surface area contributed by atoms with Gasteiger partial charge in [-0.25, -0.2) is 0 Å². The van der Waals surface area contributed by atoms with Crippen molar-refractivity contribution in [3.8, 4) is 0 Å². The number of aromatic nitrogens is 3. The lowest BCUT2D eigenvalue weighted by molar-refractivity contribution is -0.173. The zero-order chi connectivity index (χ0) is 12.0. The Balaban J connectivity index is 2.10. The number of nitrogens with zero attached hydrogens (tertiary/aromatic N) is 2. The van der Waals surface area contributed by atoms with E-state index < -0.39 is 18.7 Å². The molecule has 1 amide bonds. The monoisotopic (exact) mass is 238 g/mol. The first-order chi connectivity index (χ1) is 7.49. The van der Waals surface area contributed by atoms with Crippen molar-refractivity contribution in [3.05, 3.63) is 11.9 Å². The van der Waals surface area contributed by atoms with Gasteiger partial charge in [0, 0.05) is 6.54 Å². The summed E-state index contributed by atoms with van der Waals surface area (Å²) in [6.45, 7) is -1.57. The molecular weight excluding hydrogens is 229 g/mol. The van der Waals surface area contributed by atoms with Gasteiger partial charge in [0.1, 0.15) is 6.61 Å². The second-order valence-electron chi connectivity index (χ2n) is 2.78. The zero-order valence-electron chi connectivity index (χ0n) is 8.04. The van der Waals surface area contributed by atoms with E-state index >= 15 is 0 Å². The molecule has 6 nitrogen and oxygen atoms in total. The third-order valence-electron chi connectivity index (χ3n) is 1.45. The van der Waals surface area contributed by atoms with Gasteiger partial charge >= 0.3 is 6.18 Å². The van der Waals surface area contributed by atoms with E-state index in [9.17, 15) is 18.0 Å². The van der Waals surface area contributed by atoms with E-state index in [-0.39, 0.29) is 18.8 Å². The van der Waals surface area contributed by atoms with Crippen LogP contribution >= 0.6 is 0 Å². The van der Waals surface area contributed by atoms with Gasteiger partial charge in [-0.3, -0.25) is 4.79 Å². The summed E-state index contributed by atoms with van der Waals surface area (Å²) in [6.07, 6.45) is -3.15. The van der Waals surface area contributed by atoms with Crippen molar-refractivity contribution in [1.29, 1.82) is 0 Å². The summed E-state index contributed by atoms with van der Waals surface area (Å²) in [4.78, 5) is 11.2. The number of rotatable bonds is 5. The third-order valence-corrected chi connectivity index (χ3v) is 1.45. The smallest absolute Gasteiger partial charge is 0.370 e. The van der Waals surface area contributed by atoms with Crippen LogP contribution in [0, 0.1) is 0 Å². The van der Waals surface area contributed by atoms with Crippen LogP contribution in [0.3, 0.4) is 0 Å². The Bertz CT molecular complexity index is 325. The normalized spacial score (nSPS) is 11.4. The first-order valence-electron chi connectivity index (χ1n) is 4.27. The summed E-state index contributed by atoms with van der Waals surface area (Å²) >= 11 is 0. The molecule has 9 heteroatoms. The number of hydrogen-bond donors (Lipinski definition) is 2. The van der Waals surface area contributed by atoms with Crippen molar-refractivity contribution >= 4 is 5.91 Å². The summed E-state index contributed by atoms with van der Waals surface area (Å²) in [5.41, 5.74) is 0.0656. The zero-order valence-corrected chi connectivity index (χ0v) is 8.04. The van der Waals surface area contributed by atoms with Crippen molar-refractivity contribution in [3.63, 3.8) is 0 Å². The molecule has 0 aliphatic heterocycles. The number of nitrogens with one attached hydrogen (secondary N) is 2. The molecule has 16 heavy (non-hydrogen) atoms. The standard InChI is InChI=1S/C7H9F3N4O2/c8-7(9,10)4-16-2-1-11-6(15)5-3-12-14-13-5/h3H,1-2,4H2,(H,11,15)(H,12,13,14). The number of carbonyl (C=O) groups excluding carboxylic acids is 1. The molecule has 1 heterocycles. The highest BCUT2D eigenvalue weighted by Gasteiger charge is 2.27. The topological polar surface area (TPSA) is 79.9 Å². The van der Waals surface area contributed by atoms with E-state index in [2.05, 4.69) is 25.5 Å². The molecule has 0 aliphatic carbocycles. The van der Waals surface area contributed by atoms with Crippen LogP contribution in [0.2, 0.25) is 0 Å². The molecule has 2 N–H and O–H groups in total. The molecule has 1 aromatic heterocycles. The fourth-order valence-electron chi connectivity index (χ4n) is 0.826. The maximum Gasteiger partial charge on any atom is 0.411 e. The van der Waals surface area contributed by atoms with E-state index in [1.807, 2.05) is 0 Å². The van der Waals surface area contributed by atoms with Gasteiger partial charge in [-0.15, -0.1) is 0 Å². The van der Waals surface area contributed by atoms with Crippen molar-refractivity contribution in [2.75, 3.05) is 19.8 Å². The van der Waals surface area contributed by atoms with Crippen molar-refractivity contribution in [2.45, 2.75) is 6.18 Å². The van der Waals surface area contributed by atoms with Gasteiger partial charge < -0.3 is 10.1 Å². The van der Waals surface area contributed by atoms with Crippen molar-refractivity contribution < 1.29 is 22.7 Å². The van der Waals surface area contributed by atoms with E-state index in [0.717, 1.165) is 0 Å². The molecule has 0 aliphatic rings. The lowest BCUT2D eigenvalue weighted by atomic mass is 10.4. The molecule has 1 aromatic rings. The summed E-state index contributed by atoms with van der Waals surface area (Å²) in [5.74, 6) is -0.524. The summed E-state index contributed by atoms with van der Waals surface area (Å²) in [6, 6.07) is 0. The van der Waals surface area contributed by atoms with E-state index in [0.29, 0.717) is 0 Å². The van der Waals surface area contributed by atoms with Crippen LogP contribution in [-0.2, 0) is 4.74 Å². The number of alkyl halides is 3. The van der Waals surface area contributed by atoms with E-state index in [4.69, 9.17) is 0 Å². The molecule has 0 bridgehead atoms. The Kier molecular flexibility index (Phi) is 4.23. The molecule has 0 fully saturated rings. The summed E-state index contributed by atoms with van der Waals surface area (Å²) < 4.78 is 39.2. The minimum absolute atomic E-state index is 0.0260. The van der Waals surface area contributed by atoms with Gasteiger partial charge in [0.15, 0.2) is 5.69 Å². The number of hydrogen-bond acceptors (Lipinski definition) is 4. The predicted molar refractivity (Wildman–Crippen MR) is 45.6 cm³/mol. The molecule has 0 radical (unpaired) electrons. The number of carbonyl (C=O) groups is 1. The average molecular weight is 238 g/mol. The minimum Gasteiger partial charge on any atom is -0.370 e. The Hall–Kier alpha value is -1.64. The number of halogens is 3. The molecule has 0 unspecified atom stereocenters. The van der Waals surface area contributed by atoms with Crippen LogP contribution in [0.4, 0.5) is 13.2 Å². The number of amides is 1. The minimum atomic E-state index is -4.35. The molecule has 0 saturated carbocycles. The first kappa shape index (κ1) is 12.4. The fourth-order valence-corrected chi connectivity index (χ4v) is 0.826. The van der Waals surface area contributed by atoms with Gasteiger partial charge in [-0.1, -0.05) is 0 Å². The fraction of sp³-hybridized carbons (Fsp3) is 0.571. The molecule has 0 aromatic carbocycles. The predicted octanol–water partition coefficient (Wildman–Crippen LogP) is 0.113. The second-order valence-corrected chi connectivity index (χ2v) is 2.78. The van der Waals surface area contributed by atoms with Crippen LogP contribution in [0.15, 0.2) is 6.20 Å². The Morgan fingerprint density at radius 1 is 1.56 bits per heavy atom. The van der Waals surface area contributed by atoms with Crippen molar-refractivity contribution in [1.82, 2.24) is 20.7 Å². The van der Waals surface area contributed by atoms with Gasteiger partial charge in [0.25, 0.3) is 5.91 Å². The van der Waals surface area contributed by atoms with Gasteiger partial charge in [-0.2, -0.15) is 28.6 Å². The Labute approximate surface area is 88.2 Å². The first-order valence-corrected chi connectivity index (χ1v) is 4.27. The molecule has 90 valence electrons. The van der Waals surface area contributed by atoms with Crippen molar-refractivity contribution in [2.24, 2.45) is 0 Å². The second kappa shape index (κ2) is 5.45. The highest BCUT2D eigenvalue weighted by molar-refractivity contribution is 5.91. The molecule has 0 atom stereocenters. The van der Waals surface area contributed by atoms with Crippen LogP contribution in [-0.4, -0.2) is 47.3 Å². The Morgan fingerprint density at radius 3 is 2.88 bits per heavy atom. The lowest BCUT2D eigenvalue weighted by Crippen LogP contribution is -2.29. The highest BCUT2D eigenvalue weighted by atomic mass is 19.4. The van der Waals surface area contributed by atoms with Crippen LogP contribution in [0.1, 0.15) is 10.5 Å². The molecule has 0 spiro atoms. The molecule has 0 saturated heterocycles. The van der Waals surface area contributed by atoms with Gasteiger partial charge in [0.05, 0.1) is 12.8 Å². The van der Waals surface area contributed by atoms with Crippen LogP contribution < -0.4 is 5.32 Å². The third kappa shape index (κ3) is 4.73. The number of ether oxygens (including phenoxy) is 1. The molecular formula is C7H9F3N4O2. The highest BCUT2D eigenvalue weighted by Crippen LogP contribution is 2.13. The van der Waals surface area contributed by atoms with E-state index in [1.54, 1.807) is 0 Å². The van der Waals surface area contributed by atoms with Gasteiger partial charge in [0.2, 0.25) is 0 Å². The van der Waals surface area contributed by atoms with Crippen LogP contribution in [0.5, 0.6) is 0 Å². The maximum atomic E-state index is 11.6. The summed E-state index contributed by atoms with van der Waals surface area (Å²) in [5, 5.41) is 11.4. The largest absolute Gasteiger partial charge is 0.411 e. The number of aromatic amines is 1.